The van der Waals surface area contributed by atoms with Gasteiger partial charge in [0.1, 0.15) is 5.75 Å². The van der Waals surface area contributed by atoms with E-state index in [0.717, 1.165) is 0 Å². The largest absolute Gasteiger partial charge is 0.506 e. The molecule has 0 atom stereocenters. The van der Waals surface area contributed by atoms with Gasteiger partial charge < -0.3 is 5.11 Å². The highest BCUT2D eigenvalue weighted by molar-refractivity contribution is 9.08. The first kappa shape index (κ1) is 9.17. The molecule has 0 bridgehead atoms. The van der Waals surface area contributed by atoms with Gasteiger partial charge in [-0.3, -0.25) is 0 Å². The predicted octanol–water partition coefficient (Wildman–Crippen LogP) is 3.59. The molecule has 0 saturated heterocycles. The van der Waals surface area contributed by atoms with Crippen LogP contribution in [0.4, 0.5) is 0 Å². The first-order valence-electron chi connectivity index (χ1n) is 2.88. The molecule has 1 rings (SSSR count). The lowest BCUT2D eigenvalue weighted by Crippen LogP contribution is -1.80. The molecular weight excluding hydrogens is 251 g/mol. The summed E-state index contributed by atoms with van der Waals surface area (Å²) in [7, 11) is 0. The third-order valence-electron chi connectivity index (χ3n) is 1.25. The zero-order chi connectivity index (χ0) is 8.43. The molecule has 0 unspecified atom stereocenters. The highest BCUT2D eigenvalue weighted by atomic mass is 79.9. The Labute approximate surface area is 83.1 Å². The Bertz CT molecular complexity index is 275. The van der Waals surface area contributed by atoms with E-state index in [9.17, 15) is 5.11 Å². The minimum Gasteiger partial charge on any atom is -0.506 e. The van der Waals surface area contributed by atoms with Gasteiger partial charge in [-0.1, -0.05) is 39.1 Å². The number of phenols is 1. The molecule has 0 aliphatic heterocycles. The first-order chi connectivity index (χ1) is 5.15. The standard InChI is InChI=1S/C7H5BrCl2O/c8-3-4-1-5(9)2-6(10)7(4)11/h1-2,11H,3H2. The summed E-state index contributed by atoms with van der Waals surface area (Å²) in [4.78, 5) is 0. The first-order valence-corrected chi connectivity index (χ1v) is 4.75. The molecule has 60 valence electrons. The van der Waals surface area contributed by atoms with Crippen LogP contribution in [0.1, 0.15) is 5.56 Å². The van der Waals surface area contributed by atoms with Gasteiger partial charge in [0.25, 0.3) is 0 Å². The van der Waals surface area contributed by atoms with E-state index in [-0.39, 0.29) is 10.8 Å². The summed E-state index contributed by atoms with van der Waals surface area (Å²) in [5.41, 5.74) is 0.697. The van der Waals surface area contributed by atoms with Crippen molar-refractivity contribution in [2.75, 3.05) is 0 Å². The number of aromatic hydroxyl groups is 1. The zero-order valence-corrected chi connectivity index (χ0v) is 8.54. The molecule has 1 aromatic rings. The Kier molecular flexibility index (Phi) is 3.05. The molecule has 1 nitrogen and oxygen atoms in total. The predicted molar refractivity (Wildman–Crippen MR) is 50.8 cm³/mol. The lowest BCUT2D eigenvalue weighted by molar-refractivity contribution is 0.471. The second kappa shape index (κ2) is 3.65. The van der Waals surface area contributed by atoms with Crippen molar-refractivity contribution in [3.63, 3.8) is 0 Å². The van der Waals surface area contributed by atoms with E-state index in [2.05, 4.69) is 15.9 Å². The van der Waals surface area contributed by atoms with E-state index < -0.39 is 0 Å². The van der Waals surface area contributed by atoms with E-state index in [1.165, 1.54) is 6.07 Å². The fourth-order valence-corrected chi connectivity index (χ4v) is 1.68. The van der Waals surface area contributed by atoms with Crippen LogP contribution in [-0.4, -0.2) is 5.11 Å². The van der Waals surface area contributed by atoms with Crippen LogP contribution >= 0.6 is 39.1 Å². The maximum Gasteiger partial charge on any atom is 0.138 e. The number of halogens is 3. The highest BCUT2D eigenvalue weighted by Crippen LogP contribution is 2.32. The third-order valence-corrected chi connectivity index (χ3v) is 2.36. The van der Waals surface area contributed by atoms with Crippen LogP contribution in [0.5, 0.6) is 5.75 Å². The Balaban J connectivity index is 3.24. The molecule has 0 amide bonds. The van der Waals surface area contributed by atoms with E-state index in [4.69, 9.17) is 23.2 Å². The lowest BCUT2D eigenvalue weighted by Gasteiger charge is -2.02. The molecule has 0 heterocycles. The molecule has 0 aliphatic rings. The Morgan fingerprint density at radius 3 is 2.55 bits per heavy atom. The van der Waals surface area contributed by atoms with Crippen molar-refractivity contribution < 1.29 is 5.11 Å². The number of rotatable bonds is 1. The van der Waals surface area contributed by atoms with Gasteiger partial charge in [-0.05, 0) is 12.1 Å². The Morgan fingerprint density at radius 2 is 2.00 bits per heavy atom. The fraction of sp³-hybridized carbons (Fsp3) is 0.143. The second-order valence-electron chi connectivity index (χ2n) is 2.03. The van der Waals surface area contributed by atoms with Crippen LogP contribution in [0.2, 0.25) is 10.0 Å². The normalized spacial score (nSPS) is 10.1. The van der Waals surface area contributed by atoms with E-state index in [0.29, 0.717) is 15.9 Å². The van der Waals surface area contributed by atoms with Crippen LogP contribution in [0.15, 0.2) is 12.1 Å². The van der Waals surface area contributed by atoms with Gasteiger partial charge >= 0.3 is 0 Å². The van der Waals surface area contributed by atoms with Crippen LogP contribution < -0.4 is 0 Å². The van der Waals surface area contributed by atoms with E-state index in [1.807, 2.05) is 0 Å². The Hall–Kier alpha value is 0.0800. The van der Waals surface area contributed by atoms with Crippen LogP contribution in [0, 0.1) is 0 Å². The molecule has 0 spiro atoms. The zero-order valence-electron chi connectivity index (χ0n) is 5.44. The maximum atomic E-state index is 9.30. The quantitative estimate of drug-likeness (QED) is 0.761. The van der Waals surface area contributed by atoms with Gasteiger partial charge in [0.05, 0.1) is 5.02 Å². The average molecular weight is 256 g/mol. The number of phenolic OH excluding ortho intramolecular Hbond substituents is 1. The van der Waals surface area contributed by atoms with Gasteiger partial charge in [0, 0.05) is 15.9 Å². The molecule has 11 heavy (non-hydrogen) atoms. The summed E-state index contributed by atoms with van der Waals surface area (Å²) in [6.07, 6.45) is 0. The molecule has 0 saturated carbocycles. The van der Waals surface area contributed by atoms with Gasteiger partial charge in [-0.2, -0.15) is 0 Å². The molecule has 1 N–H and O–H groups in total. The number of hydrogen-bond donors (Lipinski definition) is 1. The monoisotopic (exact) mass is 254 g/mol. The molecule has 0 radical (unpaired) electrons. The van der Waals surface area contributed by atoms with Crippen molar-refractivity contribution in [1.82, 2.24) is 0 Å². The summed E-state index contributed by atoms with van der Waals surface area (Å²) in [6.45, 7) is 0. The lowest BCUT2D eigenvalue weighted by atomic mass is 10.2. The molecular formula is C7H5BrCl2O. The van der Waals surface area contributed by atoms with Crippen molar-refractivity contribution in [2.45, 2.75) is 5.33 Å². The summed E-state index contributed by atoms with van der Waals surface area (Å²) in [5, 5.41) is 10.7. The summed E-state index contributed by atoms with van der Waals surface area (Å²) >= 11 is 14.5. The summed E-state index contributed by atoms with van der Waals surface area (Å²) < 4.78 is 0. The minimum absolute atomic E-state index is 0.0907. The van der Waals surface area contributed by atoms with Crippen LogP contribution in [0.3, 0.4) is 0 Å². The highest BCUT2D eigenvalue weighted by Gasteiger charge is 2.05. The van der Waals surface area contributed by atoms with Crippen molar-refractivity contribution in [1.29, 1.82) is 0 Å². The molecule has 0 aromatic heterocycles. The van der Waals surface area contributed by atoms with Crippen molar-refractivity contribution >= 4 is 39.1 Å². The average Bonchev–Trinajstić information content (AvgIpc) is 1.96. The van der Waals surface area contributed by atoms with Gasteiger partial charge in [-0.15, -0.1) is 0 Å². The molecule has 0 fully saturated rings. The fourth-order valence-electron chi connectivity index (χ4n) is 0.721. The number of hydrogen-bond acceptors (Lipinski definition) is 1. The van der Waals surface area contributed by atoms with Gasteiger partial charge in [0.2, 0.25) is 0 Å². The van der Waals surface area contributed by atoms with Gasteiger partial charge in [0.15, 0.2) is 0 Å². The van der Waals surface area contributed by atoms with Crippen molar-refractivity contribution in [2.24, 2.45) is 0 Å². The van der Waals surface area contributed by atoms with Crippen LogP contribution in [-0.2, 0) is 5.33 Å². The molecule has 1 aromatic carbocycles. The molecule has 0 aliphatic carbocycles. The van der Waals surface area contributed by atoms with E-state index in [1.54, 1.807) is 6.07 Å². The summed E-state index contributed by atoms with van der Waals surface area (Å²) in [5.74, 6) is 0.0907. The topological polar surface area (TPSA) is 20.2 Å². The van der Waals surface area contributed by atoms with Gasteiger partial charge in [-0.25, -0.2) is 0 Å². The summed E-state index contributed by atoms with van der Waals surface area (Å²) in [6, 6.07) is 3.17. The van der Waals surface area contributed by atoms with E-state index >= 15 is 0 Å². The minimum atomic E-state index is 0.0907. The second-order valence-corrected chi connectivity index (χ2v) is 3.43. The SMILES string of the molecule is Oc1c(Cl)cc(Cl)cc1CBr. The maximum absolute atomic E-state index is 9.30. The third kappa shape index (κ3) is 2.01. The van der Waals surface area contributed by atoms with Crippen molar-refractivity contribution in [3.8, 4) is 5.75 Å². The number of benzene rings is 1. The Morgan fingerprint density at radius 1 is 1.36 bits per heavy atom. The van der Waals surface area contributed by atoms with Crippen LogP contribution in [0.25, 0.3) is 0 Å². The van der Waals surface area contributed by atoms with Crippen molar-refractivity contribution in [3.05, 3.63) is 27.7 Å². The number of alkyl halides is 1. The molecule has 4 heteroatoms. The smallest absolute Gasteiger partial charge is 0.138 e.